The standard InChI is InChI=1S/C25H22N4O3/c1-16-4-3-5-21(14-16)28-23-22(19-6-8-20(9-7-19)27-17(2)30)24(31)29(25(23)32)15-18-10-12-26-13-11-18/h3-14,28H,15H2,1-2H3,(H,27,30). The van der Waals surface area contributed by atoms with Crippen molar-refractivity contribution in [3.8, 4) is 0 Å². The van der Waals surface area contributed by atoms with Crippen LogP contribution in [0.2, 0.25) is 0 Å². The fourth-order valence-electron chi connectivity index (χ4n) is 3.56. The van der Waals surface area contributed by atoms with Crippen LogP contribution >= 0.6 is 0 Å². The molecule has 2 heterocycles. The van der Waals surface area contributed by atoms with Crippen molar-refractivity contribution in [2.24, 2.45) is 0 Å². The molecule has 0 fully saturated rings. The van der Waals surface area contributed by atoms with Gasteiger partial charge in [-0.2, -0.15) is 0 Å². The molecule has 0 atom stereocenters. The van der Waals surface area contributed by atoms with E-state index in [4.69, 9.17) is 0 Å². The number of amides is 3. The van der Waals surface area contributed by atoms with Crippen LogP contribution in [-0.4, -0.2) is 27.6 Å². The average Bonchev–Trinajstić information content (AvgIpc) is 2.99. The summed E-state index contributed by atoms with van der Waals surface area (Å²) in [7, 11) is 0. The number of benzene rings is 2. The Bertz CT molecular complexity index is 1220. The van der Waals surface area contributed by atoms with E-state index in [9.17, 15) is 14.4 Å². The lowest BCUT2D eigenvalue weighted by atomic mass is 10.0. The Labute approximate surface area is 185 Å². The topological polar surface area (TPSA) is 91.4 Å². The SMILES string of the molecule is CC(=O)Nc1ccc(C2=C(Nc3cccc(C)c3)C(=O)N(Cc3ccncc3)C2=O)cc1. The maximum absolute atomic E-state index is 13.4. The lowest BCUT2D eigenvalue weighted by Crippen LogP contribution is -2.32. The van der Waals surface area contributed by atoms with E-state index in [0.717, 1.165) is 16.8 Å². The molecule has 1 aliphatic rings. The predicted molar refractivity (Wildman–Crippen MR) is 122 cm³/mol. The third-order valence-electron chi connectivity index (χ3n) is 5.04. The number of aryl methyl sites for hydroxylation is 1. The van der Waals surface area contributed by atoms with Crippen molar-refractivity contribution in [2.45, 2.75) is 20.4 Å². The number of imide groups is 1. The van der Waals surface area contributed by atoms with Crippen LogP contribution in [0.15, 0.2) is 78.8 Å². The summed E-state index contributed by atoms with van der Waals surface area (Å²) in [4.78, 5) is 43.2. The Morgan fingerprint density at radius 3 is 2.31 bits per heavy atom. The van der Waals surface area contributed by atoms with Crippen molar-refractivity contribution in [1.29, 1.82) is 0 Å². The Morgan fingerprint density at radius 2 is 1.66 bits per heavy atom. The summed E-state index contributed by atoms with van der Waals surface area (Å²) in [5.41, 5.74) is 4.27. The Balaban J connectivity index is 1.72. The van der Waals surface area contributed by atoms with Gasteiger partial charge < -0.3 is 10.6 Å². The smallest absolute Gasteiger partial charge is 0.278 e. The molecule has 0 radical (unpaired) electrons. The quantitative estimate of drug-likeness (QED) is 0.586. The first-order valence-corrected chi connectivity index (χ1v) is 10.1. The number of carbonyl (C=O) groups excluding carboxylic acids is 3. The number of hydrogen-bond acceptors (Lipinski definition) is 5. The van der Waals surface area contributed by atoms with E-state index in [0.29, 0.717) is 16.8 Å². The van der Waals surface area contributed by atoms with Gasteiger partial charge in [-0.15, -0.1) is 0 Å². The van der Waals surface area contributed by atoms with E-state index in [2.05, 4.69) is 15.6 Å². The zero-order chi connectivity index (χ0) is 22.7. The molecule has 1 aliphatic heterocycles. The second-order valence-corrected chi connectivity index (χ2v) is 7.55. The fraction of sp³-hybridized carbons (Fsp3) is 0.120. The third-order valence-corrected chi connectivity index (χ3v) is 5.04. The molecule has 4 rings (SSSR count). The highest BCUT2D eigenvalue weighted by atomic mass is 16.2. The van der Waals surface area contributed by atoms with Crippen molar-refractivity contribution in [1.82, 2.24) is 9.88 Å². The molecule has 2 aromatic carbocycles. The molecule has 3 aromatic rings. The van der Waals surface area contributed by atoms with E-state index in [1.807, 2.05) is 31.2 Å². The van der Waals surface area contributed by atoms with Gasteiger partial charge in [-0.25, -0.2) is 0 Å². The Kier molecular flexibility index (Phi) is 5.81. The molecule has 0 bridgehead atoms. The molecule has 2 N–H and O–H groups in total. The number of nitrogens with one attached hydrogen (secondary N) is 2. The third kappa shape index (κ3) is 4.41. The lowest BCUT2D eigenvalue weighted by molar-refractivity contribution is -0.137. The van der Waals surface area contributed by atoms with E-state index >= 15 is 0 Å². The molecule has 0 unspecified atom stereocenters. The summed E-state index contributed by atoms with van der Waals surface area (Å²) >= 11 is 0. The van der Waals surface area contributed by atoms with Crippen molar-refractivity contribution in [3.05, 3.63) is 95.4 Å². The maximum atomic E-state index is 13.4. The zero-order valence-electron chi connectivity index (χ0n) is 17.8. The summed E-state index contributed by atoms with van der Waals surface area (Å²) in [5, 5.41) is 5.86. The minimum Gasteiger partial charge on any atom is -0.350 e. The first-order chi connectivity index (χ1) is 15.4. The average molecular weight is 426 g/mol. The van der Waals surface area contributed by atoms with Crippen molar-refractivity contribution >= 4 is 34.7 Å². The van der Waals surface area contributed by atoms with Gasteiger partial charge in [0, 0.05) is 30.7 Å². The van der Waals surface area contributed by atoms with Gasteiger partial charge in [-0.05, 0) is 60.0 Å². The van der Waals surface area contributed by atoms with Crippen LogP contribution in [-0.2, 0) is 20.9 Å². The fourth-order valence-corrected chi connectivity index (χ4v) is 3.56. The highest BCUT2D eigenvalue weighted by Crippen LogP contribution is 2.32. The van der Waals surface area contributed by atoms with Gasteiger partial charge in [0.2, 0.25) is 5.91 Å². The number of carbonyl (C=O) groups is 3. The molecule has 160 valence electrons. The van der Waals surface area contributed by atoms with Gasteiger partial charge in [0.15, 0.2) is 0 Å². The molecule has 0 aliphatic carbocycles. The number of pyridine rings is 1. The van der Waals surface area contributed by atoms with Crippen molar-refractivity contribution in [2.75, 3.05) is 10.6 Å². The summed E-state index contributed by atoms with van der Waals surface area (Å²) in [6, 6.07) is 18.0. The minimum atomic E-state index is -0.394. The number of rotatable bonds is 6. The molecule has 7 nitrogen and oxygen atoms in total. The molecular weight excluding hydrogens is 404 g/mol. The molecule has 1 aromatic heterocycles. The Hall–Kier alpha value is -4.26. The summed E-state index contributed by atoms with van der Waals surface area (Å²) in [5.74, 6) is -0.960. The molecule has 3 amide bonds. The van der Waals surface area contributed by atoms with Crippen LogP contribution in [0, 0.1) is 6.92 Å². The van der Waals surface area contributed by atoms with Crippen molar-refractivity contribution in [3.63, 3.8) is 0 Å². The molecule has 0 saturated heterocycles. The largest absolute Gasteiger partial charge is 0.350 e. The number of aromatic nitrogens is 1. The number of anilines is 2. The molecule has 0 saturated carbocycles. The van der Waals surface area contributed by atoms with Crippen LogP contribution in [0.25, 0.3) is 5.57 Å². The lowest BCUT2D eigenvalue weighted by Gasteiger charge is -2.15. The van der Waals surface area contributed by atoms with Crippen LogP contribution in [0.5, 0.6) is 0 Å². The zero-order valence-corrected chi connectivity index (χ0v) is 17.8. The van der Waals surface area contributed by atoms with E-state index in [-0.39, 0.29) is 24.1 Å². The van der Waals surface area contributed by atoms with Crippen LogP contribution < -0.4 is 10.6 Å². The molecule has 32 heavy (non-hydrogen) atoms. The maximum Gasteiger partial charge on any atom is 0.278 e. The van der Waals surface area contributed by atoms with Gasteiger partial charge in [0.05, 0.1) is 12.1 Å². The predicted octanol–water partition coefficient (Wildman–Crippen LogP) is 3.74. The van der Waals surface area contributed by atoms with E-state index in [1.165, 1.54) is 11.8 Å². The molecule has 7 heteroatoms. The second-order valence-electron chi connectivity index (χ2n) is 7.55. The molecule has 0 spiro atoms. The highest BCUT2D eigenvalue weighted by Gasteiger charge is 2.39. The van der Waals surface area contributed by atoms with Gasteiger partial charge in [0.25, 0.3) is 11.8 Å². The molecular formula is C25H22N4O3. The van der Waals surface area contributed by atoms with Crippen LogP contribution in [0.4, 0.5) is 11.4 Å². The highest BCUT2D eigenvalue weighted by molar-refractivity contribution is 6.36. The minimum absolute atomic E-state index is 0.145. The van der Waals surface area contributed by atoms with Gasteiger partial charge in [0.1, 0.15) is 5.70 Å². The normalized spacial score (nSPS) is 13.5. The second kappa shape index (κ2) is 8.85. The monoisotopic (exact) mass is 426 g/mol. The van der Waals surface area contributed by atoms with E-state index in [1.54, 1.807) is 48.8 Å². The van der Waals surface area contributed by atoms with Crippen LogP contribution in [0.3, 0.4) is 0 Å². The van der Waals surface area contributed by atoms with Gasteiger partial charge in [-0.3, -0.25) is 24.3 Å². The first-order valence-electron chi connectivity index (χ1n) is 10.1. The summed E-state index contributed by atoms with van der Waals surface area (Å²) in [6.45, 7) is 3.53. The van der Waals surface area contributed by atoms with Crippen LogP contribution in [0.1, 0.15) is 23.6 Å². The summed E-state index contributed by atoms with van der Waals surface area (Å²) in [6.07, 6.45) is 3.25. The van der Waals surface area contributed by atoms with Crippen molar-refractivity contribution < 1.29 is 14.4 Å². The Morgan fingerprint density at radius 1 is 0.938 bits per heavy atom. The van der Waals surface area contributed by atoms with Gasteiger partial charge >= 0.3 is 0 Å². The number of hydrogen-bond donors (Lipinski definition) is 2. The summed E-state index contributed by atoms with van der Waals surface area (Å²) < 4.78 is 0. The first kappa shape index (κ1) is 21.0. The van der Waals surface area contributed by atoms with E-state index < -0.39 is 5.91 Å². The number of nitrogens with zero attached hydrogens (tertiary/aromatic N) is 2. The van der Waals surface area contributed by atoms with Gasteiger partial charge in [-0.1, -0.05) is 24.3 Å².